The molecule has 2 unspecified atom stereocenters. The van der Waals surface area contributed by atoms with Crippen LogP contribution in [0, 0.1) is 11.8 Å². The quantitative estimate of drug-likeness (QED) is 0.699. The van der Waals surface area contributed by atoms with E-state index in [4.69, 9.17) is 5.73 Å². The number of hydrogen-bond acceptors (Lipinski definition) is 2. The molecular formula is C11H22N2O. The lowest BCUT2D eigenvalue weighted by Crippen LogP contribution is -2.53. The summed E-state index contributed by atoms with van der Waals surface area (Å²) in [6.07, 6.45) is 2.86. The first-order chi connectivity index (χ1) is 6.58. The minimum absolute atomic E-state index is 0.167. The van der Waals surface area contributed by atoms with Crippen LogP contribution >= 0.6 is 0 Å². The molecule has 14 heavy (non-hydrogen) atoms. The molecule has 0 aromatic heterocycles. The number of hydrogen-bond donors (Lipinski definition) is 2. The van der Waals surface area contributed by atoms with E-state index >= 15 is 0 Å². The highest BCUT2D eigenvalue weighted by Crippen LogP contribution is 2.38. The Morgan fingerprint density at radius 3 is 2.29 bits per heavy atom. The van der Waals surface area contributed by atoms with Gasteiger partial charge >= 0.3 is 0 Å². The molecule has 0 spiro atoms. The van der Waals surface area contributed by atoms with Crippen LogP contribution in [0.1, 0.15) is 40.0 Å². The van der Waals surface area contributed by atoms with Crippen LogP contribution in [-0.2, 0) is 4.79 Å². The molecule has 0 aromatic carbocycles. The second-order valence-corrected chi connectivity index (χ2v) is 4.50. The van der Waals surface area contributed by atoms with Gasteiger partial charge in [0.05, 0.1) is 5.54 Å². The van der Waals surface area contributed by atoms with E-state index in [0.717, 1.165) is 19.3 Å². The molecule has 0 heterocycles. The Bertz CT molecular complexity index is 203. The van der Waals surface area contributed by atoms with E-state index in [1.807, 2.05) is 0 Å². The zero-order valence-electron chi connectivity index (χ0n) is 9.47. The molecular weight excluding hydrogens is 176 g/mol. The second-order valence-electron chi connectivity index (χ2n) is 4.50. The monoisotopic (exact) mass is 198 g/mol. The zero-order valence-corrected chi connectivity index (χ0v) is 9.47. The van der Waals surface area contributed by atoms with Crippen molar-refractivity contribution >= 4 is 5.91 Å². The molecule has 1 fully saturated rings. The highest BCUT2D eigenvalue weighted by atomic mass is 16.2. The van der Waals surface area contributed by atoms with Crippen LogP contribution in [0.3, 0.4) is 0 Å². The fraction of sp³-hybridized carbons (Fsp3) is 0.909. The predicted octanol–water partition coefficient (Wildman–Crippen LogP) is 1.28. The average molecular weight is 198 g/mol. The third kappa shape index (κ3) is 2.27. The minimum Gasteiger partial charge on any atom is -0.349 e. The van der Waals surface area contributed by atoms with Crippen molar-refractivity contribution in [3.63, 3.8) is 0 Å². The van der Waals surface area contributed by atoms with E-state index < -0.39 is 0 Å². The van der Waals surface area contributed by atoms with Gasteiger partial charge in [0.15, 0.2) is 0 Å². The van der Waals surface area contributed by atoms with Crippen LogP contribution in [0.15, 0.2) is 0 Å². The van der Waals surface area contributed by atoms with Crippen LogP contribution in [-0.4, -0.2) is 18.0 Å². The highest BCUT2D eigenvalue weighted by molar-refractivity contribution is 5.82. The molecule has 1 saturated carbocycles. The van der Waals surface area contributed by atoms with Gasteiger partial charge in [-0.25, -0.2) is 0 Å². The molecule has 82 valence electrons. The average Bonchev–Trinajstić information content (AvgIpc) is 2.92. The summed E-state index contributed by atoms with van der Waals surface area (Å²) in [7, 11) is 0. The van der Waals surface area contributed by atoms with Crippen molar-refractivity contribution in [3.05, 3.63) is 0 Å². The van der Waals surface area contributed by atoms with Crippen LogP contribution in [0.2, 0.25) is 0 Å². The van der Waals surface area contributed by atoms with Gasteiger partial charge in [-0.15, -0.1) is 0 Å². The van der Waals surface area contributed by atoms with Crippen LogP contribution < -0.4 is 11.1 Å². The molecule has 1 aliphatic carbocycles. The lowest BCUT2D eigenvalue weighted by Gasteiger charge is -2.31. The Hall–Kier alpha value is -0.570. The zero-order chi connectivity index (χ0) is 10.8. The van der Waals surface area contributed by atoms with Crippen molar-refractivity contribution < 1.29 is 4.79 Å². The fourth-order valence-electron chi connectivity index (χ4n) is 1.81. The van der Waals surface area contributed by atoms with Crippen molar-refractivity contribution in [2.45, 2.75) is 45.6 Å². The largest absolute Gasteiger partial charge is 0.349 e. The SMILES string of the molecule is CCC(CC)(CN)NC(=O)C1CC1C. The minimum atomic E-state index is -0.167. The molecule has 1 aliphatic rings. The van der Waals surface area contributed by atoms with Crippen molar-refractivity contribution in [2.75, 3.05) is 6.54 Å². The molecule has 0 aromatic rings. The van der Waals surface area contributed by atoms with Crippen LogP contribution in [0.4, 0.5) is 0 Å². The first-order valence-electron chi connectivity index (χ1n) is 5.60. The second kappa shape index (κ2) is 4.30. The maximum atomic E-state index is 11.7. The molecule has 3 nitrogen and oxygen atoms in total. The van der Waals surface area contributed by atoms with Gasteiger partial charge in [-0.05, 0) is 25.2 Å². The van der Waals surface area contributed by atoms with Gasteiger partial charge in [0, 0.05) is 12.5 Å². The summed E-state index contributed by atoms with van der Waals surface area (Å²) in [5.41, 5.74) is 5.55. The molecule has 1 rings (SSSR count). The molecule has 0 aliphatic heterocycles. The molecule has 2 atom stereocenters. The fourth-order valence-corrected chi connectivity index (χ4v) is 1.81. The summed E-state index contributed by atoms with van der Waals surface area (Å²) in [6, 6.07) is 0. The third-order valence-electron chi connectivity index (χ3n) is 3.58. The van der Waals surface area contributed by atoms with E-state index in [0.29, 0.717) is 12.5 Å². The van der Waals surface area contributed by atoms with E-state index in [1.165, 1.54) is 0 Å². The maximum Gasteiger partial charge on any atom is 0.223 e. The molecule has 3 heteroatoms. The Morgan fingerprint density at radius 1 is 1.50 bits per heavy atom. The van der Waals surface area contributed by atoms with Crippen LogP contribution in [0.5, 0.6) is 0 Å². The van der Waals surface area contributed by atoms with E-state index in [-0.39, 0.29) is 17.4 Å². The first kappa shape index (κ1) is 11.5. The molecule has 0 saturated heterocycles. The van der Waals surface area contributed by atoms with Gasteiger partial charge in [0.2, 0.25) is 5.91 Å². The lowest BCUT2D eigenvalue weighted by molar-refractivity contribution is -0.124. The smallest absolute Gasteiger partial charge is 0.223 e. The number of rotatable bonds is 5. The van der Waals surface area contributed by atoms with Gasteiger partial charge in [0.1, 0.15) is 0 Å². The van der Waals surface area contributed by atoms with Crippen molar-refractivity contribution in [3.8, 4) is 0 Å². The van der Waals surface area contributed by atoms with E-state index in [9.17, 15) is 4.79 Å². The molecule has 3 N–H and O–H groups in total. The number of nitrogens with two attached hydrogens (primary N) is 1. The maximum absolute atomic E-state index is 11.7. The summed E-state index contributed by atoms with van der Waals surface area (Å²) in [5.74, 6) is 1.02. The number of amides is 1. The van der Waals surface area contributed by atoms with Crippen molar-refractivity contribution in [2.24, 2.45) is 17.6 Å². The van der Waals surface area contributed by atoms with Crippen LogP contribution in [0.25, 0.3) is 0 Å². The predicted molar refractivity (Wildman–Crippen MR) is 57.8 cm³/mol. The van der Waals surface area contributed by atoms with Gasteiger partial charge in [-0.1, -0.05) is 20.8 Å². The van der Waals surface area contributed by atoms with Gasteiger partial charge in [-0.2, -0.15) is 0 Å². The summed E-state index contributed by atoms with van der Waals surface area (Å²) >= 11 is 0. The topological polar surface area (TPSA) is 55.1 Å². The number of carbonyl (C=O) groups excluding carboxylic acids is 1. The summed E-state index contributed by atoms with van der Waals surface area (Å²) in [5, 5.41) is 3.11. The van der Waals surface area contributed by atoms with Gasteiger partial charge in [0.25, 0.3) is 0 Å². The molecule has 0 radical (unpaired) electrons. The molecule has 0 bridgehead atoms. The highest BCUT2D eigenvalue weighted by Gasteiger charge is 2.41. The Kier molecular flexibility index (Phi) is 3.53. The van der Waals surface area contributed by atoms with E-state index in [1.54, 1.807) is 0 Å². The van der Waals surface area contributed by atoms with Crippen molar-refractivity contribution in [1.29, 1.82) is 0 Å². The number of carbonyl (C=O) groups is 1. The summed E-state index contributed by atoms with van der Waals surface area (Å²) < 4.78 is 0. The summed E-state index contributed by atoms with van der Waals surface area (Å²) in [4.78, 5) is 11.7. The normalized spacial score (nSPS) is 26.0. The van der Waals surface area contributed by atoms with Crippen molar-refractivity contribution in [1.82, 2.24) is 5.32 Å². The standard InChI is InChI=1S/C11H22N2O/c1-4-11(5-2,7-12)13-10(14)9-6-8(9)3/h8-9H,4-7,12H2,1-3H3,(H,13,14). The molecule has 1 amide bonds. The number of nitrogens with one attached hydrogen (secondary N) is 1. The Balaban J connectivity index is 2.50. The first-order valence-corrected chi connectivity index (χ1v) is 5.60. The van der Waals surface area contributed by atoms with Gasteiger partial charge in [-0.3, -0.25) is 4.79 Å². The summed E-state index contributed by atoms with van der Waals surface area (Å²) in [6.45, 7) is 6.80. The third-order valence-corrected chi connectivity index (χ3v) is 3.58. The van der Waals surface area contributed by atoms with E-state index in [2.05, 4.69) is 26.1 Å². The lowest BCUT2D eigenvalue weighted by atomic mass is 9.92. The Labute approximate surface area is 86.4 Å². The van der Waals surface area contributed by atoms with Gasteiger partial charge < -0.3 is 11.1 Å². The Morgan fingerprint density at radius 2 is 2.00 bits per heavy atom.